The highest BCUT2D eigenvalue weighted by Crippen LogP contribution is 2.52. The Balaban J connectivity index is 0.725. The number of amides is 3. The summed E-state index contributed by atoms with van der Waals surface area (Å²) < 4.78 is 18.3. The van der Waals surface area contributed by atoms with E-state index < -0.39 is 5.82 Å². The number of piperazine rings is 1. The Hall–Kier alpha value is -4.42. The van der Waals surface area contributed by atoms with Crippen molar-refractivity contribution in [2.45, 2.75) is 101 Å². The number of likely N-dealkylation sites (tertiary alicyclic amines) is 1. The molecule has 0 radical (unpaired) electrons. The number of anilines is 2. The van der Waals surface area contributed by atoms with Crippen molar-refractivity contribution in [1.29, 1.82) is 0 Å². The second-order valence-corrected chi connectivity index (χ2v) is 19.2. The van der Waals surface area contributed by atoms with Crippen molar-refractivity contribution in [3.63, 3.8) is 0 Å². The second kappa shape index (κ2) is 16.1. The molecule has 2 aliphatic carbocycles. The molecule has 6 aliphatic rings. The molecule has 3 aromatic carbocycles. The lowest BCUT2D eigenvalue weighted by molar-refractivity contribution is -0.137. The van der Waals surface area contributed by atoms with Gasteiger partial charge in [-0.15, -0.1) is 0 Å². The average molecular weight is 878 g/mol. The summed E-state index contributed by atoms with van der Waals surface area (Å²) in [4.78, 5) is 64.4. The third-order valence-corrected chi connectivity index (χ3v) is 15.6. The van der Waals surface area contributed by atoms with Gasteiger partial charge in [-0.1, -0.05) is 37.5 Å². The summed E-state index contributed by atoms with van der Waals surface area (Å²) in [6.07, 6.45) is 12.9. The zero-order valence-electron chi connectivity index (χ0n) is 34.3. The number of benzene rings is 3. The summed E-state index contributed by atoms with van der Waals surface area (Å²) in [6, 6.07) is 17.9. The lowest BCUT2D eigenvalue weighted by atomic mass is 9.69. The number of piperidine rings is 2. The molecule has 3 saturated heterocycles. The first kappa shape index (κ1) is 39.7. The molecule has 2 saturated carbocycles. The maximum Gasteiger partial charge on any atom is 0.281 e. The number of halogens is 2. The number of aromatic nitrogens is 2. The van der Waals surface area contributed by atoms with E-state index in [4.69, 9.17) is 4.98 Å². The van der Waals surface area contributed by atoms with Gasteiger partial charge in [0.05, 0.1) is 27.7 Å². The van der Waals surface area contributed by atoms with E-state index in [2.05, 4.69) is 54.6 Å². The van der Waals surface area contributed by atoms with Crippen LogP contribution in [0.4, 0.5) is 15.8 Å². The maximum absolute atomic E-state index is 15.2. The van der Waals surface area contributed by atoms with E-state index in [0.717, 1.165) is 105 Å². The van der Waals surface area contributed by atoms with E-state index in [-0.39, 0.29) is 53.1 Å². The highest BCUT2D eigenvalue weighted by Gasteiger charge is 2.47. The van der Waals surface area contributed by atoms with Crippen LogP contribution in [-0.2, 0) is 19.8 Å². The standard InChI is InChI=1S/C48H54BrFN6O4/c49-37-6-4-7-40-44(37)45(59)51-47-48(20-2-1-3-21-48)36-16-14-34(28-41(36)55(40)47)32-18-22-52(23-19-32)30-31-10-12-33(13-11-31)46(60)54-26-24-53(25-27-54)35-15-17-39(38(50)29-35)56-42(57)8-5-9-43(56)58/h4,6-7,14-17,28-29,31-33H,1-3,5,8-13,18-27,30H2. The number of carbonyl (C=O) groups excluding carboxylic acids is 3. The summed E-state index contributed by atoms with van der Waals surface area (Å²) in [7, 11) is 0. The number of hydrogen-bond donors (Lipinski definition) is 0. The molecule has 5 fully saturated rings. The quantitative estimate of drug-likeness (QED) is 0.180. The van der Waals surface area contributed by atoms with Gasteiger partial charge < -0.3 is 14.7 Å². The minimum atomic E-state index is -0.574. The Labute approximate surface area is 359 Å². The third-order valence-electron chi connectivity index (χ3n) is 15.0. The molecule has 3 amide bonds. The van der Waals surface area contributed by atoms with Crippen LogP contribution in [0.1, 0.15) is 113 Å². The summed E-state index contributed by atoms with van der Waals surface area (Å²) >= 11 is 3.65. The molecule has 0 bridgehead atoms. The summed E-state index contributed by atoms with van der Waals surface area (Å²) in [5.74, 6) is 1.08. The molecule has 10 nitrogen and oxygen atoms in total. The number of nitrogens with zero attached hydrogens (tertiary/aromatic N) is 6. The topological polar surface area (TPSA) is 99.1 Å². The molecule has 0 atom stereocenters. The number of rotatable bonds is 6. The Morgan fingerprint density at radius 1 is 0.783 bits per heavy atom. The fourth-order valence-corrected chi connectivity index (χ4v) is 12.2. The molecule has 0 N–H and O–H groups in total. The van der Waals surface area contributed by atoms with Crippen LogP contribution in [-0.4, -0.2) is 82.9 Å². The van der Waals surface area contributed by atoms with Gasteiger partial charge in [0.1, 0.15) is 11.6 Å². The van der Waals surface area contributed by atoms with Crippen LogP contribution >= 0.6 is 15.9 Å². The minimum absolute atomic E-state index is 0.0261. The molecular weight excluding hydrogens is 823 g/mol. The fraction of sp³-hybridized carbons (Fsp3) is 0.521. The summed E-state index contributed by atoms with van der Waals surface area (Å²) in [5.41, 5.74) is 5.28. The predicted octanol–water partition coefficient (Wildman–Crippen LogP) is 8.23. The van der Waals surface area contributed by atoms with Gasteiger partial charge in [-0.25, -0.2) is 9.29 Å². The first-order valence-electron chi connectivity index (χ1n) is 22.5. The van der Waals surface area contributed by atoms with E-state index in [1.54, 1.807) is 6.07 Å². The van der Waals surface area contributed by atoms with Crippen LogP contribution in [0.25, 0.3) is 16.6 Å². The zero-order chi connectivity index (χ0) is 41.1. The fourth-order valence-electron chi connectivity index (χ4n) is 11.7. The van der Waals surface area contributed by atoms with E-state index >= 15 is 4.39 Å². The van der Waals surface area contributed by atoms with Crippen LogP contribution in [0.2, 0.25) is 0 Å². The monoisotopic (exact) mass is 876 g/mol. The third kappa shape index (κ3) is 6.99. The van der Waals surface area contributed by atoms with Crippen molar-refractivity contribution in [3.8, 4) is 5.69 Å². The van der Waals surface area contributed by atoms with E-state index in [9.17, 15) is 19.2 Å². The molecule has 12 heteroatoms. The van der Waals surface area contributed by atoms with E-state index in [1.165, 1.54) is 35.4 Å². The van der Waals surface area contributed by atoms with Gasteiger partial charge in [-0.2, -0.15) is 4.98 Å². The Morgan fingerprint density at radius 3 is 2.23 bits per heavy atom. The van der Waals surface area contributed by atoms with Crippen LogP contribution in [0.15, 0.2) is 63.9 Å². The van der Waals surface area contributed by atoms with Crippen LogP contribution in [0, 0.1) is 17.7 Å². The van der Waals surface area contributed by atoms with Crippen molar-refractivity contribution in [2.24, 2.45) is 11.8 Å². The first-order valence-corrected chi connectivity index (χ1v) is 23.3. The normalized spacial score (nSPS) is 23.7. The summed E-state index contributed by atoms with van der Waals surface area (Å²) in [6.45, 7) is 5.69. The highest BCUT2D eigenvalue weighted by atomic mass is 79.9. The zero-order valence-corrected chi connectivity index (χ0v) is 35.9. The minimum Gasteiger partial charge on any atom is -0.368 e. The van der Waals surface area contributed by atoms with Crippen LogP contribution in [0.3, 0.4) is 0 Å². The molecule has 1 aromatic heterocycles. The van der Waals surface area contributed by atoms with Crippen molar-refractivity contribution >= 4 is 55.9 Å². The lowest BCUT2D eigenvalue weighted by Crippen LogP contribution is -2.51. The van der Waals surface area contributed by atoms with Crippen LogP contribution < -0.4 is 15.4 Å². The van der Waals surface area contributed by atoms with Gasteiger partial charge >= 0.3 is 0 Å². The number of imide groups is 1. The van der Waals surface area contributed by atoms with Gasteiger partial charge in [0.25, 0.3) is 5.56 Å². The van der Waals surface area contributed by atoms with Crippen molar-refractivity contribution in [1.82, 2.24) is 19.4 Å². The Morgan fingerprint density at radius 2 is 1.52 bits per heavy atom. The van der Waals surface area contributed by atoms with E-state index in [1.807, 2.05) is 17.0 Å². The van der Waals surface area contributed by atoms with Crippen molar-refractivity contribution < 1.29 is 18.8 Å². The number of hydrogen-bond acceptors (Lipinski definition) is 7. The molecule has 5 heterocycles. The Kier molecular flexibility index (Phi) is 10.7. The molecular formula is C48H54BrFN6O4. The smallest absolute Gasteiger partial charge is 0.281 e. The van der Waals surface area contributed by atoms with Crippen molar-refractivity contribution in [3.05, 3.63) is 92.2 Å². The molecule has 314 valence electrons. The first-order chi connectivity index (χ1) is 29.2. The molecule has 0 unspecified atom stereocenters. The van der Waals surface area contributed by atoms with Gasteiger partial charge in [0, 0.05) is 61.6 Å². The SMILES string of the molecule is O=C(C1CCC(CN2CCC(c3ccc4c(c3)-n3c(nc(=O)c5c(Br)cccc53)C43CCCCC3)CC2)CC1)N1CCN(c2ccc(N3C(=O)CCCC3=O)c(F)c2)CC1. The maximum atomic E-state index is 15.2. The highest BCUT2D eigenvalue weighted by molar-refractivity contribution is 9.10. The molecule has 4 aliphatic heterocycles. The van der Waals surface area contributed by atoms with Gasteiger partial charge in [-0.3, -0.25) is 23.7 Å². The Bertz CT molecular complexity index is 2390. The average Bonchev–Trinajstić information content (AvgIpc) is 3.52. The number of carbonyl (C=O) groups is 3. The number of fused-ring (bicyclic) bond motifs is 7. The molecule has 10 rings (SSSR count). The van der Waals surface area contributed by atoms with Crippen molar-refractivity contribution in [2.75, 3.05) is 55.6 Å². The van der Waals surface area contributed by atoms with Gasteiger partial charge in [-0.05, 0) is 146 Å². The van der Waals surface area contributed by atoms with E-state index in [0.29, 0.717) is 55.5 Å². The summed E-state index contributed by atoms with van der Waals surface area (Å²) in [5, 5.41) is 0.655. The lowest BCUT2D eigenvalue weighted by Gasteiger charge is -2.40. The van der Waals surface area contributed by atoms with Gasteiger partial charge in [0.2, 0.25) is 17.7 Å². The van der Waals surface area contributed by atoms with Crippen LogP contribution in [0.5, 0.6) is 0 Å². The van der Waals surface area contributed by atoms with Gasteiger partial charge in [0.15, 0.2) is 0 Å². The predicted molar refractivity (Wildman–Crippen MR) is 234 cm³/mol. The largest absolute Gasteiger partial charge is 0.368 e. The molecule has 60 heavy (non-hydrogen) atoms. The molecule has 4 aromatic rings. The second-order valence-electron chi connectivity index (χ2n) is 18.3. The molecule has 1 spiro atoms.